The Morgan fingerprint density at radius 3 is 2.70 bits per heavy atom. The van der Waals surface area contributed by atoms with E-state index in [1.807, 2.05) is 19.2 Å². The molecule has 1 N–H and O–H groups in total. The molecule has 0 unspecified atom stereocenters. The number of aromatic nitrogens is 1. The molecular weight excluding hydrogens is 278 g/mol. The molecule has 1 aromatic rings. The van der Waals surface area contributed by atoms with Crippen LogP contribution >= 0.6 is 11.3 Å². The summed E-state index contributed by atoms with van der Waals surface area (Å²) in [5.41, 5.74) is 0.877. The number of rotatable bonds is 8. The second kappa shape index (κ2) is 8.65. The van der Waals surface area contributed by atoms with E-state index in [0.717, 1.165) is 12.1 Å². The van der Waals surface area contributed by atoms with Gasteiger partial charge >= 0.3 is 5.97 Å². The number of aryl methyl sites for hydroxylation is 1. The zero-order valence-corrected chi connectivity index (χ0v) is 13.0. The molecule has 1 aromatic heterocycles. The second-order valence-electron chi connectivity index (χ2n) is 4.36. The lowest BCUT2D eigenvalue weighted by atomic mass is 10.4. The van der Waals surface area contributed by atoms with Crippen molar-refractivity contribution in [2.45, 2.75) is 27.2 Å². The number of nitrogens with one attached hydrogen (secondary N) is 1. The van der Waals surface area contributed by atoms with Gasteiger partial charge in [0, 0.05) is 5.38 Å². The number of carbonyl (C=O) groups excluding carboxylic acids is 2. The zero-order chi connectivity index (χ0) is 15.0. The molecule has 7 heteroatoms. The molecule has 0 atom stereocenters. The molecule has 0 bridgehead atoms. The lowest BCUT2D eigenvalue weighted by molar-refractivity contribution is -0.144. The largest absolute Gasteiger partial charge is 0.465 e. The predicted octanol–water partition coefficient (Wildman–Crippen LogP) is 1.67. The maximum atomic E-state index is 11.9. The number of amides is 1. The summed E-state index contributed by atoms with van der Waals surface area (Å²) in [4.78, 5) is 29.3. The van der Waals surface area contributed by atoms with Crippen LogP contribution in [0.1, 0.15) is 26.0 Å². The van der Waals surface area contributed by atoms with Gasteiger partial charge in [-0.1, -0.05) is 6.92 Å². The Hall–Kier alpha value is -1.47. The van der Waals surface area contributed by atoms with Gasteiger partial charge in [-0.3, -0.25) is 14.5 Å². The molecule has 0 spiro atoms. The van der Waals surface area contributed by atoms with Crippen molar-refractivity contribution in [3.8, 4) is 0 Å². The smallest absolute Gasteiger partial charge is 0.320 e. The van der Waals surface area contributed by atoms with Crippen LogP contribution in [0.3, 0.4) is 0 Å². The van der Waals surface area contributed by atoms with Crippen LogP contribution in [0.5, 0.6) is 0 Å². The Balaban J connectivity index is 2.47. The van der Waals surface area contributed by atoms with Crippen molar-refractivity contribution in [1.82, 2.24) is 9.88 Å². The predicted molar refractivity (Wildman–Crippen MR) is 78.8 cm³/mol. The first kappa shape index (κ1) is 16.6. The number of anilines is 1. The Labute approximate surface area is 123 Å². The van der Waals surface area contributed by atoms with Crippen molar-refractivity contribution >= 4 is 28.3 Å². The quantitative estimate of drug-likeness (QED) is 0.739. The first-order valence-corrected chi connectivity index (χ1v) is 7.53. The fourth-order valence-corrected chi connectivity index (χ4v) is 2.40. The molecular formula is C13H21N3O3S. The number of esters is 1. The van der Waals surface area contributed by atoms with Crippen molar-refractivity contribution in [2.75, 3.05) is 31.6 Å². The van der Waals surface area contributed by atoms with E-state index in [1.54, 1.807) is 11.8 Å². The van der Waals surface area contributed by atoms with Gasteiger partial charge in [-0.2, -0.15) is 0 Å². The molecule has 0 saturated heterocycles. The van der Waals surface area contributed by atoms with Gasteiger partial charge in [0.15, 0.2) is 5.13 Å². The number of nitrogens with zero attached hydrogens (tertiary/aromatic N) is 2. The van der Waals surface area contributed by atoms with Gasteiger partial charge in [0.1, 0.15) is 0 Å². The summed E-state index contributed by atoms with van der Waals surface area (Å²) in [6, 6.07) is 0. The standard InChI is InChI=1S/C13H21N3O3S/c1-4-6-16(8-12(18)19-5-2)7-11(17)15-13-14-10(3)9-20-13/h9H,4-8H2,1-3H3,(H,14,15,17). The van der Waals surface area contributed by atoms with Gasteiger partial charge in [0.2, 0.25) is 5.91 Å². The Kier molecular flexibility index (Phi) is 7.17. The number of carbonyl (C=O) groups is 2. The van der Waals surface area contributed by atoms with Crippen LogP contribution < -0.4 is 5.32 Å². The van der Waals surface area contributed by atoms with Crippen LogP contribution in [-0.2, 0) is 14.3 Å². The normalized spacial score (nSPS) is 10.6. The van der Waals surface area contributed by atoms with Gasteiger partial charge in [-0.25, -0.2) is 4.98 Å². The minimum atomic E-state index is -0.307. The minimum Gasteiger partial charge on any atom is -0.465 e. The molecule has 1 rings (SSSR count). The lowest BCUT2D eigenvalue weighted by Crippen LogP contribution is -2.38. The summed E-state index contributed by atoms with van der Waals surface area (Å²) < 4.78 is 4.90. The fraction of sp³-hybridized carbons (Fsp3) is 0.615. The molecule has 20 heavy (non-hydrogen) atoms. The molecule has 0 aromatic carbocycles. The van der Waals surface area contributed by atoms with Crippen molar-refractivity contribution in [3.05, 3.63) is 11.1 Å². The highest BCUT2D eigenvalue weighted by molar-refractivity contribution is 7.13. The summed E-state index contributed by atoms with van der Waals surface area (Å²) in [5, 5.41) is 5.19. The first-order valence-electron chi connectivity index (χ1n) is 6.65. The highest BCUT2D eigenvalue weighted by Gasteiger charge is 2.15. The molecule has 6 nitrogen and oxygen atoms in total. The summed E-state index contributed by atoms with van der Waals surface area (Å²) in [5.74, 6) is -0.476. The van der Waals surface area contributed by atoms with Gasteiger partial charge in [0.05, 0.1) is 25.4 Å². The van der Waals surface area contributed by atoms with Crippen molar-refractivity contribution in [1.29, 1.82) is 0 Å². The highest BCUT2D eigenvalue weighted by Crippen LogP contribution is 2.14. The Bertz CT molecular complexity index is 448. The third kappa shape index (κ3) is 6.12. The van der Waals surface area contributed by atoms with Crippen LogP contribution in [0.15, 0.2) is 5.38 Å². The number of ether oxygens (including phenoxy) is 1. The van der Waals surface area contributed by atoms with Crippen LogP contribution in [0.4, 0.5) is 5.13 Å². The van der Waals surface area contributed by atoms with Crippen LogP contribution in [-0.4, -0.2) is 48.0 Å². The van der Waals surface area contributed by atoms with Crippen LogP contribution in [0.25, 0.3) is 0 Å². The summed E-state index contributed by atoms with van der Waals surface area (Å²) >= 11 is 1.39. The number of thiazole rings is 1. The van der Waals surface area contributed by atoms with Crippen LogP contribution in [0, 0.1) is 6.92 Å². The van der Waals surface area contributed by atoms with E-state index in [0.29, 0.717) is 18.3 Å². The average Bonchev–Trinajstić information content (AvgIpc) is 2.75. The van der Waals surface area contributed by atoms with Gasteiger partial charge < -0.3 is 10.1 Å². The van der Waals surface area contributed by atoms with E-state index in [1.165, 1.54) is 11.3 Å². The SMILES string of the molecule is CCCN(CC(=O)Nc1nc(C)cs1)CC(=O)OCC. The van der Waals surface area contributed by atoms with E-state index >= 15 is 0 Å². The molecule has 1 heterocycles. The summed E-state index contributed by atoms with van der Waals surface area (Å²) in [6.45, 7) is 6.94. The van der Waals surface area contributed by atoms with E-state index < -0.39 is 0 Å². The van der Waals surface area contributed by atoms with E-state index in [9.17, 15) is 9.59 Å². The minimum absolute atomic E-state index is 0.131. The number of hydrogen-bond donors (Lipinski definition) is 1. The zero-order valence-electron chi connectivity index (χ0n) is 12.1. The van der Waals surface area contributed by atoms with Gasteiger partial charge in [-0.05, 0) is 26.8 Å². The maximum Gasteiger partial charge on any atom is 0.320 e. The molecule has 112 valence electrons. The van der Waals surface area contributed by atoms with E-state index in [-0.39, 0.29) is 25.0 Å². The third-order valence-corrected chi connectivity index (χ3v) is 3.31. The van der Waals surface area contributed by atoms with Gasteiger partial charge in [-0.15, -0.1) is 11.3 Å². The molecule has 0 fully saturated rings. The molecule has 0 aliphatic rings. The molecule has 1 amide bonds. The summed E-state index contributed by atoms with van der Waals surface area (Å²) in [7, 11) is 0. The topological polar surface area (TPSA) is 71.5 Å². The lowest BCUT2D eigenvalue weighted by Gasteiger charge is -2.19. The molecule has 0 saturated carbocycles. The fourth-order valence-electron chi connectivity index (χ4n) is 1.69. The van der Waals surface area contributed by atoms with E-state index in [4.69, 9.17) is 4.74 Å². The highest BCUT2D eigenvalue weighted by atomic mass is 32.1. The molecule has 0 radical (unpaired) electrons. The van der Waals surface area contributed by atoms with Gasteiger partial charge in [0.25, 0.3) is 0 Å². The Morgan fingerprint density at radius 1 is 1.40 bits per heavy atom. The monoisotopic (exact) mass is 299 g/mol. The van der Waals surface area contributed by atoms with Crippen LogP contribution in [0.2, 0.25) is 0 Å². The van der Waals surface area contributed by atoms with Crippen molar-refractivity contribution in [3.63, 3.8) is 0 Å². The van der Waals surface area contributed by atoms with Crippen molar-refractivity contribution < 1.29 is 14.3 Å². The maximum absolute atomic E-state index is 11.9. The first-order chi connectivity index (χ1) is 9.55. The second-order valence-corrected chi connectivity index (χ2v) is 5.22. The van der Waals surface area contributed by atoms with Crippen molar-refractivity contribution in [2.24, 2.45) is 0 Å². The molecule has 0 aliphatic carbocycles. The number of hydrogen-bond acceptors (Lipinski definition) is 6. The summed E-state index contributed by atoms with van der Waals surface area (Å²) in [6.07, 6.45) is 0.864. The third-order valence-electron chi connectivity index (χ3n) is 2.43. The molecule has 0 aliphatic heterocycles. The average molecular weight is 299 g/mol. The Morgan fingerprint density at radius 2 is 2.15 bits per heavy atom. The van der Waals surface area contributed by atoms with E-state index in [2.05, 4.69) is 10.3 Å².